The summed E-state index contributed by atoms with van der Waals surface area (Å²) in [7, 11) is 1.96. The van der Waals surface area contributed by atoms with Gasteiger partial charge >= 0.3 is 6.36 Å². The van der Waals surface area contributed by atoms with Crippen molar-refractivity contribution in [1.29, 1.82) is 0 Å². The van der Waals surface area contributed by atoms with Gasteiger partial charge in [-0.25, -0.2) is 0 Å². The topological polar surface area (TPSA) is 21.3 Å². The Hall–Kier alpha value is -1.23. The summed E-state index contributed by atoms with van der Waals surface area (Å²) < 4.78 is 39.9. The highest BCUT2D eigenvalue weighted by atomic mass is 19.4. The lowest BCUT2D eigenvalue weighted by Gasteiger charge is -2.15. The molecule has 0 heterocycles. The van der Waals surface area contributed by atoms with Crippen LogP contribution in [-0.4, -0.2) is 19.5 Å². The van der Waals surface area contributed by atoms with Gasteiger partial charge in [0.15, 0.2) is 0 Å². The Bertz CT molecular complexity index is 398. The lowest BCUT2D eigenvalue weighted by atomic mass is 10.0. The van der Waals surface area contributed by atoms with E-state index in [4.69, 9.17) is 0 Å². The Morgan fingerprint density at radius 1 is 1.26 bits per heavy atom. The van der Waals surface area contributed by atoms with Gasteiger partial charge < -0.3 is 10.1 Å². The van der Waals surface area contributed by atoms with E-state index in [-0.39, 0.29) is 5.75 Å². The predicted octanol–water partition coefficient (Wildman–Crippen LogP) is 3.52. The first kappa shape index (κ1) is 14.2. The number of alkyl halides is 3. The van der Waals surface area contributed by atoms with E-state index in [1.54, 1.807) is 12.1 Å². The summed E-state index contributed by atoms with van der Waals surface area (Å²) in [5.74, 6) is 0.612. The Kier molecular flexibility index (Phi) is 4.34. The Balaban J connectivity index is 1.84. The summed E-state index contributed by atoms with van der Waals surface area (Å²) in [5.41, 5.74) is 1.04. The molecule has 0 bridgehead atoms. The molecular formula is C14H18F3NO. The van der Waals surface area contributed by atoms with Crippen molar-refractivity contribution in [3.05, 3.63) is 29.8 Å². The molecule has 2 rings (SSSR count). The van der Waals surface area contributed by atoms with Gasteiger partial charge in [-0.2, -0.15) is 0 Å². The van der Waals surface area contributed by atoms with Crippen molar-refractivity contribution >= 4 is 0 Å². The van der Waals surface area contributed by atoms with Crippen LogP contribution in [-0.2, 0) is 6.42 Å². The molecule has 19 heavy (non-hydrogen) atoms. The quantitative estimate of drug-likeness (QED) is 0.856. The summed E-state index contributed by atoms with van der Waals surface area (Å²) in [4.78, 5) is 0. The number of nitrogens with one attached hydrogen (secondary N) is 1. The van der Waals surface area contributed by atoms with Crippen LogP contribution in [0.2, 0.25) is 0 Å². The van der Waals surface area contributed by atoms with Crippen LogP contribution in [0.5, 0.6) is 5.75 Å². The zero-order chi connectivity index (χ0) is 13.9. The van der Waals surface area contributed by atoms with Crippen LogP contribution in [0.25, 0.3) is 0 Å². The lowest BCUT2D eigenvalue weighted by molar-refractivity contribution is -0.274. The van der Waals surface area contributed by atoms with Crippen molar-refractivity contribution in [2.45, 2.75) is 38.1 Å². The predicted molar refractivity (Wildman–Crippen MR) is 67.0 cm³/mol. The molecular weight excluding hydrogens is 255 g/mol. The standard InChI is InChI=1S/C14H18F3NO/c1-18-13(11-5-6-11)9-4-10-2-7-12(8-3-10)19-14(15,16)17/h2-3,7-8,11,13,18H,4-6,9H2,1H3. The van der Waals surface area contributed by atoms with Crippen LogP contribution in [0.4, 0.5) is 13.2 Å². The fourth-order valence-electron chi connectivity index (χ4n) is 2.29. The smallest absolute Gasteiger partial charge is 0.406 e. The first-order valence-electron chi connectivity index (χ1n) is 6.50. The van der Waals surface area contributed by atoms with Gasteiger partial charge in [0, 0.05) is 6.04 Å². The van der Waals surface area contributed by atoms with E-state index in [2.05, 4.69) is 10.1 Å². The van der Waals surface area contributed by atoms with Gasteiger partial charge in [0.05, 0.1) is 0 Å². The molecule has 0 spiro atoms. The fraction of sp³-hybridized carbons (Fsp3) is 0.571. The van der Waals surface area contributed by atoms with E-state index in [9.17, 15) is 13.2 Å². The average molecular weight is 273 g/mol. The van der Waals surface area contributed by atoms with E-state index in [1.165, 1.54) is 25.0 Å². The molecule has 0 radical (unpaired) electrons. The molecule has 1 aliphatic rings. The molecule has 0 amide bonds. The molecule has 1 aliphatic carbocycles. The molecule has 2 nitrogen and oxygen atoms in total. The number of hydrogen-bond acceptors (Lipinski definition) is 2. The molecule has 1 atom stereocenters. The third kappa shape index (κ3) is 4.74. The van der Waals surface area contributed by atoms with Crippen molar-refractivity contribution in [2.24, 2.45) is 5.92 Å². The highest BCUT2D eigenvalue weighted by Gasteiger charge is 2.31. The average Bonchev–Trinajstić information content (AvgIpc) is 3.14. The van der Waals surface area contributed by atoms with E-state index in [0.29, 0.717) is 6.04 Å². The highest BCUT2D eigenvalue weighted by Crippen LogP contribution is 2.34. The van der Waals surface area contributed by atoms with Gasteiger partial charge in [0.1, 0.15) is 5.75 Å². The molecule has 1 unspecified atom stereocenters. The van der Waals surface area contributed by atoms with Crippen molar-refractivity contribution in [3.63, 3.8) is 0 Å². The van der Waals surface area contributed by atoms with E-state index < -0.39 is 6.36 Å². The van der Waals surface area contributed by atoms with E-state index >= 15 is 0 Å². The first-order chi connectivity index (χ1) is 8.98. The maximum absolute atomic E-state index is 12.0. The molecule has 0 saturated heterocycles. The fourth-order valence-corrected chi connectivity index (χ4v) is 2.29. The molecule has 1 aromatic rings. The second-order valence-corrected chi connectivity index (χ2v) is 4.96. The summed E-state index contributed by atoms with van der Waals surface area (Å²) in [5, 5.41) is 3.30. The number of benzene rings is 1. The molecule has 1 N–H and O–H groups in total. The molecule has 0 aromatic heterocycles. The van der Waals surface area contributed by atoms with E-state index in [0.717, 1.165) is 24.3 Å². The van der Waals surface area contributed by atoms with Crippen LogP contribution in [0.1, 0.15) is 24.8 Å². The maximum Gasteiger partial charge on any atom is 0.573 e. The Morgan fingerprint density at radius 2 is 1.89 bits per heavy atom. The second kappa shape index (κ2) is 5.82. The van der Waals surface area contributed by atoms with Crippen LogP contribution in [0.15, 0.2) is 24.3 Å². The van der Waals surface area contributed by atoms with Crippen LogP contribution < -0.4 is 10.1 Å². The number of ether oxygens (including phenoxy) is 1. The monoisotopic (exact) mass is 273 g/mol. The summed E-state index contributed by atoms with van der Waals surface area (Å²) >= 11 is 0. The largest absolute Gasteiger partial charge is 0.573 e. The van der Waals surface area contributed by atoms with Crippen molar-refractivity contribution in [1.82, 2.24) is 5.32 Å². The molecule has 5 heteroatoms. The zero-order valence-corrected chi connectivity index (χ0v) is 10.8. The minimum Gasteiger partial charge on any atom is -0.406 e. The molecule has 1 aromatic carbocycles. The van der Waals surface area contributed by atoms with Crippen LogP contribution in [0.3, 0.4) is 0 Å². The Labute approximate surface area is 111 Å². The third-order valence-electron chi connectivity index (χ3n) is 3.46. The summed E-state index contributed by atoms with van der Waals surface area (Å²) in [6, 6.07) is 6.65. The second-order valence-electron chi connectivity index (χ2n) is 4.96. The molecule has 0 aliphatic heterocycles. The van der Waals surface area contributed by atoms with Gasteiger partial charge in [-0.1, -0.05) is 12.1 Å². The molecule has 106 valence electrons. The van der Waals surface area contributed by atoms with E-state index in [1.807, 2.05) is 7.05 Å². The highest BCUT2D eigenvalue weighted by molar-refractivity contribution is 5.27. The van der Waals surface area contributed by atoms with Gasteiger partial charge in [-0.3, -0.25) is 0 Å². The lowest BCUT2D eigenvalue weighted by Crippen LogP contribution is -2.27. The van der Waals surface area contributed by atoms with Crippen LogP contribution >= 0.6 is 0 Å². The van der Waals surface area contributed by atoms with Crippen molar-refractivity contribution in [2.75, 3.05) is 7.05 Å². The third-order valence-corrected chi connectivity index (χ3v) is 3.46. The molecule has 1 saturated carbocycles. The summed E-state index contributed by atoms with van der Waals surface area (Å²) in [6.45, 7) is 0. The first-order valence-corrected chi connectivity index (χ1v) is 6.50. The normalized spacial score (nSPS) is 17.3. The minimum absolute atomic E-state index is 0.163. The van der Waals surface area contributed by atoms with Crippen LogP contribution in [0, 0.1) is 5.92 Å². The SMILES string of the molecule is CNC(CCc1ccc(OC(F)(F)F)cc1)C1CC1. The summed E-state index contributed by atoms with van der Waals surface area (Å²) in [6.07, 6.45) is -0.173. The minimum atomic E-state index is -4.62. The molecule has 1 fully saturated rings. The van der Waals surface area contributed by atoms with Crippen molar-refractivity contribution < 1.29 is 17.9 Å². The number of aryl methyl sites for hydroxylation is 1. The number of rotatable bonds is 6. The maximum atomic E-state index is 12.0. The van der Waals surface area contributed by atoms with Crippen molar-refractivity contribution in [3.8, 4) is 5.75 Å². The van der Waals surface area contributed by atoms with Gasteiger partial charge in [0.2, 0.25) is 0 Å². The van der Waals surface area contributed by atoms with Gasteiger partial charge in [-0.15, -0.1) is 13.2 Å². The zero-order valence-electron chi connectivity index (χ0n) is 10.8. The number of halogens is 3. The van der Waals surface area contributed by atoms with Gasteiger partial charge in [-0.05, 0) is 56.3 Å². The Morgan fingerprint density at radius 3 is 2.37 bits per heavy atom. The van der Waals surface area contributed by atoms with Gasteiger partial charge in [0.25, 0.3) is 0 Å². The number of hydrogen-bond donors (Lipinski definition) is 1.